The summed E-state index contributed by atoms with van der Waals surface area (Å²) in [6, 6.07) is 8.79. The minimum atomic E-state index is -1.01. The van der Waals surface area contributed by atoms with E-state index in [1.165, 1.54) is 6.07 Å². The Bertz CT molecular complexity index is 1100. The van der Waals surface area contributed by atoms with Crippen molar-refractivity contribution in [2.75, 3.05) is 0 Å². The molecule has 0 amide bonds. The number of aryl methyl sites for hydroxylation is 1. The molecule has 0 saturated carbocycles. The van der Waals surface area contributed by atoms with Crippen LogP contribution in [0.3, 0.4) is 0 Å². The average Bonchev–Trinajstić information content (AvgIpc) is 3.28. The maximum atomic E-state index is 11.5. The third-order valence-electron chi connectivity index (χ3n) is 4.13. The molecule has 0 spiro atoms. The standard InChI is InChI=1S/C18H13ClN4O2/c1-11-13(19)5-4-12-15(22-8-6-20-10-22)9-16(21-17(11)12)23-7-2-3-14(23)18(24)25/h2-10H,1H3,(H,24,25). The third kappa shape index (κ3) is 2.47. The Morgan fingerprint density at radius 3 is 2.80 bits per heavy atom. The van der Waals surface area contributed by atoms with Gasteiger partial charge < -0.3 is 9.67 Å². The number of hydrogen-bond acceptors (Lipinski definition) is 3. The fourth-order valence-electron chi connectivity index (χ4n) is 2.87. The summed E-state index contributed by atoms with van der Waals surface area (Å²) in [5, 5.41) is 10.9. The molecule has 3 heterocycles. The van der Waals surface area contributed by atoms with Crippen molar-refractivity contribution in [3.63, 3.8) is 0 Å². The normalized spacial score (nSPS) is 11.1. The highest BCUT2D eigenvalue weighted by Crippen LogP contribution is 2.30. The van der Waals surface area contributed by atoms with Crippen LogP contribution in [-0.2, 0) is 0 Å². The second kappa shape index (κ2) is 5.75. The van der Waals surface area contributed by atoms with E-state index in [1.54, 1.807) is 29.4 Å². The van der Waals surface area contributed by atoms with Gasteiger partial charge in [0, 0.05) is 35.1 Å². The molecular weight excluding hydrogens is 340 g/mol. The SMILES string of the molecule is Cc1c(Cl)ccc2c(-n3ccnc3)cc(-n3cccc3C(=O)O)nc12. The minimum Gasteiger partial charge on any atom is -0.477 e. The van der Waals surface area contributed by atoms with Gasteiger partial charge in [-0.15, -0.1) is 0 Å². The quantitative estimate of drug-likeness (QED) is 0.607. The summed E-state index contributed by atoms with van der Waals surface area (Å²) in [5.74, 6) is -0.511. The Morgan fingerprint density at radius 2 is 2.08 bits per heavy atom. The Kier molecular flexibility index (Phi) is 3.54. The number of aromatic carboxylic acids is 1. The summed E-state index contributed by atoms with van der Waals surface area (Å²) in [5.41, 5.74) is 2.55. The van der Waals surface area contributed by atoms with Gasteiger partial charge in [0.05, 0.1) is 17.5 Å². The van der Waals surface area contributed by atoms with Crippen LogP contribution in [0.1, 0.15) is 16.1 Å². The summed E-state index contributed by atoms with van der Waals surface area (Å²) in [4.78, 5) is 20.2. The molecule has 0 aliphatic rings. The smallest absolute Gasteiger partial charge is 0.352 e. The van der Waals surface area contributed by atoms with Crippen molar-refractivity contribution >= 4 is 28.5 Å². The van der Waals surface area contributed by atoms with E-state index in [4.69, 9.17) is 11.6 Å². The van der Waals surface area contributed by atoms with Gasteiger partial charge in [-0.1, -0.05) is 11.6 Å². The summed E-state index contributed by atoms with van der Waals surface area (Å²) in [6.07, 6.45) is 6.88. The molecule has 4 rings (SSSR count). The second-order valence-electron chi connectivity index (χ2n) is 5.61. The third-order valence-corrected chi connectivity index (χ3v) is 4.54. The molecule has 0 unspecified atom stereocenters. The number of benzene rings is 1. The first kappa shape index (κ1) is 15.4. The van der Waals surface area contributed by atoms with Crippen molar-refractivity contribution in [1.82, 2.24) is 19.1 Å². The Morgan fingerprint density at radius 1 is 1.24 bits per heavy atom. The van der Waals surface area contributed by atoms with E-state index < -0.39 is 5.97 Å². The second-order valence-corrected chi connectivity index (χ2v) is 6.01. The molecular formula is C18H13ClN4O2. The van der Waals surface area contributed by atoms with Crippen LogP contribution in [0.5, 0.6) is 0 Å². The summed E-state index contributed by atoms with van der Waals surface area (Å²) in [6.45, 7) is 1.90. The molecule has 6 nitrogen and oxygen atoms in total. The van der Waals surface area contributed by atoms with Gasteiger partial charge in [0.2, 0.25) is 0 Å². The van der Waals surface area contributed by atoms with Crippen molar-refractivity contribution in [3.05, 3.63) is 71.5 Å². The molecule has 1 aromatic carbocycles. The Labute approximate surface area is 147 Å². The van der Waals surface area contributed by atoms with Crippen molar-refractivity contribution in [3.8, 4) is 11.5 Å². The average molecular weight is 353 g/mol. The lowest BCUT2D eigenvalue weighted by Crippen LogP contribution is -2.08. The highest BCUT2D eigenvalue weighted by atomic mass is 35.5. The number of halogens is 1. The molecule has 124 valence electrons. The maximum absolute atomic E-state index is 11.5. The number of carboxylic acids is 1. The van der Waals surface area contributed by atoms with Gasteiger partial charge in [-0.25, -0.2) is 14.8 Å². The summed E-state index contributed by atoms with van der Waals surface area (Å²) < 4.78 is 3.41. The molecule has 3 aromatic heterocycles. The van der Waals surface area contributed by atoms with E-state index in [2.05, 4.69) is 9.97 Å². The van der Waals surface area contributed by atoms with Gasteiger partial charge >= 0.3 is 5.97 Å². The van der Waals surface area contributed by atoms with Gasteiger partial charge in [-0.05, 0) is 36.8 Å². The minimum absolute atomic E-state index is 0.142. The molecule has 0 aliphatic heterocycles. The number of rotatable bonds is 3. The highest BCUT2D eigenvalue weighted by molar-refractivity contribution is 6.32. The number of aromatic nitrogens is 4. The topological polar surface area (TPSA) is 72.9 Å². The van der Waals surface area contributed by atoms with Crippen molar-refractivity contribution in [1.29, 1.82) is 0 Å². The van der Waals surface area contributed by atoms with Crippen molar-refractivity contribution in [2.24, 2.45) is 0 Å². The van der Waals surface area contributed by atoms with Crippen molar-refractivity contribution in [2.45, 2.75) is 6.92 Å². The van der Waals surface area contributed by atoms with Gasteiger partial charge in [0.1, 0.15) is 11.5 Å². The number of fused-ring (bicyclic) bond motifs is 1. The van der Waals surface area contributed by atoms with E-state index in [1.807, 2.05) is 35.9 Å². The molecule has 0 bridgehead atoms. The summed E-state index contributed by atoms with van der Waals surface area (Å²) >= 11 is 6.26. The van der Waals surface area contributed by atoms with Crippen LogP contribution in [-0.4, -0.2) is 30.2 Å². The van der Waals surface area contributed by atoms with Gasteiger partial charge in [-0.2, -0.15) is 0 Å². The number of hydrogen-bond donors (Lipinski definition) is 1. The fourth-order valence-corrected chi connectivity index (χ4v) is 3.02. The largest absolute Gasteiger partial charge is 0.477 e. The highest BCUT2D eigenvalue weighted by Gasteiger charge is 2.16. The molecule has 25 heavy (non-hydrogen) atoms. The first-order valence-electron chi connectivity index (χ1n) is 7.55. The zero-order valence-electron chi connectivity index (χ0n) is 13.2. The van der Waals surface area contributed by atoms with Crippen LogP contribution in [0.15, 0.2) is 55.2 Å². The van der Waals surface area contributed by atoms with Crippen LogP contribution in [0, 0.1) is 6.92 Å². The lowest BCUT2D eigenvalue weighted by molar-refractivity contribution is 0.0688. The number of nitrogens with zero attached hydrogens (tertiary/aromatic N) is 4. The van der Waals surface area contributed by atoms with Gasteiger partial charge in [0.25, 0.3) is 0 Å². The van der Waals surface area contributed by atoms with Crippen LogP contribution in [0.4, 0.5) is 0 Å². The Hall–Kier alpha value is -3.12. The molecule has 0 fully saturated rings. The van der Waals surface area contributed by atoms with Crippen LogP contribution >= 0.6 is 11.6 Å². The van der Waals surface area contributed by atoms with Gasteiger partial charge in [-0.3, -0.25) is 4.57 Å². The zero-order chi connectivity index (χ0) is 17.6. The van der Waals surface area contributed by atoms with Crippen molar-refractivity contribution < 1.29 is 9.90 Å². The first-order chi connectivity index (χ1) is 12.1. The lowest BCUT2D eigenvalue weighted by atomic mass is 10.1. The number of carboxylic acid groups (broad SMARTS) is 1. The summed E-state index contributed by atoms with van der Waals surface area (Å²) in [7, 11) is 0. The monoisotopic (exact) mass is 352 g/mol. The Balaban J connectivity index is 2.08. The number of pyridine rings is 1. The number of carbonyl (C=O) groups is 1. The maximum Gasteiger partial charge on any atom is 0.352 e. The van der Waals surface area contributed by atoms with E-state index >= 15 is 0 Å². The molecule has 0 atom stereocenters. The fraction of sp³-hybridized carbons (Fsp3) is 0.0556. The van der Waals surface area contributed by atoms with Crippen LogP contribution in [0.2, 0.25) is 5.02 Å². The van der Waals surface area contributed by atoms with Gasteiger partial charge in [0.15, 0.2) is 0 Å². The zero-order valence-corrected chi connectivity index (χ0v) is 14.0. The van der Waals surface area contributed by atoms with Crippen LogP contribution in [0.25, 0.3) is 22.4 Å². The van der Waals surface area contributed by atoms with E-state index in [-0.39, 0.29) is 5.69 Å². The molecule has 0 saturated heterocycles. The predicted octanol–water partition coefficient (Wildman–Crippen LogP) is 3.87. The van der Waals surface area contributed by atoms with Crippen LogP contribution < -0.4 is 0 Å². The predicted molar refractivity (Wildman–Crippen MR) is 94.9 cm³/mol. The molecule has 0 aliphatic carbocycles. The molecule has 4 aromatic rings. The first-order valence-corrected chi connectivity index (χ1v) is 7.93. The number of imidazole rings is 1. The molecule has 0 radical (unpaired) electrons. The molecule has 1 N–H and O–H groups in total. The van der Waals surface area contributed by atoms with E-state index in [9.17, 15) is 9.90 Å². The lowest BCUT2D eigenvalue weighted by Gasteiger charge is -2.14. The molecule has 7 heteroatoms. The van der Waals surface area contributed by atoms with E-state index in [0.717, 1.165) is 22.2 Å². The van der Waals surface area contributed by atoms with E-state index in [0.29, 0.717) is 10.8 Å².